The van der Waals surface area contributed by atoms with Gasteiger partial charge in [-0.1, -0.05) is 18.2 Å². The molecule has 2 nitrogen and oxygen atoms in total. The molecular formula is C13H9F7O2. The largest absolute Gasteiger partial charge is 0.460 e. The number of alkyl halides is 7. The number of halogens is 7. The van der Waals surface area contributed by atoms with Gasteiger partial charge >= 0.3 is 18.0 Å². The van der Waals surface area contributed by atoms with Crippen molar-refractivity contribution in [3.63, 3.8) is 0 Å². The average Bonchev–Trinajstić information content (AvgIpc) is 2.39. The summed E-state index contributed by atoms with van der Waals surface area (Å²) in [7, 11) is 0. The first-order valence-electron chi connectivity index (χ1n) is 5.67. The number of ether oxygens (including phenoxy) is 1. The molecule has 0 spiro atoms. The summed E-state index contributed by atoms with van der Waals surface area (Å²) >= 11 is 0. The first-order chi connectivity index (χ1) is 9.95. The Bertz CT molecular complexity index is 576. The summed E-state index contributed by atoms with van der Waals surface area (Å²) in [6.07, 6.45) is -7.06. The van der Waals surface area contributed by atoms with Gasteiger partial charge in [0.1, 0.15) is 12.0 Å². The van der Waals surface area contributed by atoms with Crippen molar-refractivity contribution in [3.8, 4) is 5.75 Å². The van der Waals surface area contributed by atoms with Crippen LogP contribution in [-0.4, -0.2) is 24.3 Å². The predicted octanol–water partition coefficient (Wildman–Crippen LogP) is 4.29. The molecule has 22 heavy (non-hydrogen) atoms. The monoisotopic (exact) mass is 330 g/mol. The van der Waals surface area contributed by atoms with Crippen molar-refractivity contribution in [1.82, 2.24) is 0 Å². The molecule has 1 aromatic carbocycles. The minimum atomic E-state index is -6.52. The van der Waals surface area contributed by atoms with E-state index in [0.29, 0.717) is 0 Å². The third-order valence-electron chi connectivity index (χ3n) is 2.59. The molecule has 0 aromatic heterocycles. The summed E-state index contributed by atoms with van der Waals surface area (Å²) < 4.78 is 93.9. The fourth-order valence-corrected chi connectivity index (χ4v) is 1.39. The SMILES string of the molecule is Cc1ccccc1O/C(=C\C=O)C(F)(F)C(F)(F)C(F)(F)F. The van der Waals surface area contributed by atoms with Gasteiger partial charge < -0.3 is 4.74 Å². The van der Waals surface area contributed by atoms with E-state index in [1.54, 1.807) is 0 Å². The molecule has 9 heteroatoms. The van der Waals surface area contributed by atoms with Gasteiger partial charge in [0.15, 0.2) is 5.76 Å². The van der Waals surface area contributed by atoms with Crippen LogP contribution < -0.4 is 4.74 Å². The van der Waals surface area contributed by atoms with Crippen molar-refractivity contribution >= 4 is 6.29 Å². The Labute approximate surface area is 120 Å². The summed E-state index contributed by atoms with van der Waals surface area (Å²) in [6.45, 7) is 1.36. The van der Waals surface area contributed by atoms with Crippen LogP contribution in [0.15, 0.2) is 36.1 Å². The molecule has 0 saturated carbocycles. The number of para-hydroxylation sites is 1. The smallest absolute Gasteiger partial charge is 0.455 e. The molecule has 0 amide bonds. The van der Waals surface area contributed by atoms with Crippen LogP contribution in [0.25, 0.3) is 0 Å². The average molecular weight is 330 g/mol. The maximum absolute atomic E-state index is 13.5. The van der Waals surface area contributed by atoms with E-state index >= 15 is 0 Å². The molecule has 0 N–H and O–H groups in total. The van der Waals surface area contributed by atoms with Crippen LogP contribution in [0.4, 0.5) is 30.7 Å². The van der Waals surface area contributed by atoms with E-state index in [-0.39, 0.29) is 23.7 Å². The second-order valence-corrected chi connectivity index (χ2v) is 4.18. The van der Waals surface area contributed by atoms with Crippen molar-refractivity contribution < 1.29 is 40.3 Å². The number of allylic oxidation sites excluding steroid dienone is 2. The lowest BCUT2D eigenvalue weighted by atomic mass is 10.1. The molecule has 122 valence electrons. The number of hydrogen-bond acceptors (Lipinski definition) is 2. The van der Waals surface area contributed by atoms with Gasteiger partial charge in [-0.15, -0.1) is 0 Å². The molecule has 0 heterocycles. The predicted molar refractivity (Wildman–Crippen MR) is 61.9 cm³/mol. The lowest BCUT2D eigenvalue weighted by molar-refractivity contribution is -0.348. The van der Waals surface area contributed by atoms with Crippen LogP contribution in [0.2, 0.25) is 0 Å². The third kappa shape index (κ3) is 3.23. The number of aldehydes is 1. The fourth-order valence-electron chi connectivity index (χ4n) is 1.39. The molecule has 0 unspecified atom stereocenters. The number of carbonyl (C=O) groups is 1. The molecule has 0 aliphatic carbocycles. The van der Waals surface area contributed by atoms with Crippen LogP contribution in [0.1, 0.15) is 5.56 Å². The standard InChI is InChI=1S/C13H9F7O2/c1-8-4-2-3-5-9(8)22-10(6-7-21)11(14,15)12(16,17)13(18,19)20/h2-7H,1H3/b10-6-. The Balaban J connectivity index is 3.29. The van der Waals surface area contributed by atoms with E-state index in [9.17, 15) is 35.5 Å². The van der Waals surface area contributed by atoms with E-state index < -0.39 is 23.8 Å². The van der Waals surface area contributed by atoms with Crippen molar-refractivity contribution in [2.75, 3.05) is 0 Å². The Morgan fingerprint density at radius 1 is 1.05 bits per heavy atom. The number of aryl methyl sites for hydroxylation is 1. The van der Waals surface area contributed by atoms with Gasteiger partial charge in [-0.2, -0.15) is 30.7 Å². The third-order valence-corrected chi connectivity index (χ3v) is 2.59. The van der Waals surface area contributed by atoms with Crippen LogP contribution >= 0.6 is 0 Å². The topological polar surface area (TPSA) is 26.3 Å². The quantitative estimate of drug-likeness (QED) is 0.348. The zero-order valence-electron chi connectivity index (χ0n) is 10.9. The number of rotatable bonds is 5. The summed E-state index contributed by atoms with van der Waals surface area (Å²) in [5, 5.41) is 0. The highest BCUT2D eigenvalue weighted by Gasteiger charge is 2.75. The van der Waals surface area contributed by atoms with Crippen molar-refractivity contribution in [1.29, 1.82) is 0 Å². The maximum atomic E-state index is 13.5. The van der Waals surface area contributed by atoms with Gasteiger partial charge in [0.05, 0.1) is 0 Å². The molecule has 0 fully saturated rings. The zero-order valence-corrected chi connectivity index (χ0v) is 10.9. The van der Waals surface area contributed by atoms with Crippen LogP contribution in [0.3, 0.4) is 0 Å². The second kappa shape index (κ2) is 5.98. The second-order valence-electron chi connectivity index (χ2n) is 4.18. The molecule has 0 saturated heterocycles. The molecule has 0 aliphatic rings. The normalized spacial score (nSPS) is 13.9. The Hall–Kier alpha value is -2.06. The number of carbonyl (C=O) groups excluding carboxylic acids is 1. The van der Waals surface area contributed by atoms with Gasteiger partial charge in [0, 0.05) is 6.08 Å². The molecule has 0 radical (unpaired) electrons. The van der Waals surface area contributed by atoms with Crippen LogP contribution in [0, 0.1) is 6.92 Å². The first kappa shape index (κ1) is 18.0. The lowest BCUT2D eigenvalue weighted by Gasteiger charge is -2.29. The van der Waals surface area contributed by atoms with E-state index in [0.717, 1.165) is 6.07 Å². The summed E-state index contributed by atoms with van der Waals surface area (Å²) in [4.78, 5) is 10.3. The van der Waals surface area contributed by atoms with Crippen LogP contribution in [0.5, 0.6) is 5.75 Å². The Kier molecular flexibility index (Phi) is 4.89. The zero-order chi connectivity index (χ0) is 17.2. The highest BCUT2D eigenvalue weighted by molar-refractivity contribution is 5.66. The lowest BCUT2D eigenvalue weighted by Crippen LogP contribution is -2.53. The van der Waals surface area contributed by atoms with E-state index in [2.05, 4.69) is 4.74 Å². The van der Waals surface area contributed by atoms with Crippen LogP contribution in [-0.2, 0) is 4.79 Å². The maximum Gasteiger partial charge on any atom is 0.460 e. The minimum absolute atomic E-state index is 0.175. The molecule has 1 rings (SSSR count). The molecule has 0 atom stereocenters. The van der Waals surface area contributed by atoms with Crippen molar-refractivity contribution in [2.24, 2.45) is 0 Å². The Morgan fingerprint density at radius 3 is 2.05 bits per heavy atom. The van der Waals surface area contributed by atoms with Gasteiger partial charge in [-0.25, -0.2) is 0 Å². The summed E-state index contributed by atoms with van der Waals surface area (Å²) in [6, 6.07) is 5.19. The fraction of sp³-hybridized carbons (Fsp3) is 0.308. The van der Waals surface area contributed by atoms with E-state index in [1.165, 1.54) is 25.1 Å². The highest BCUT2D eigenvalue weighted by Crippen LogP contribution is 2.50. The molecular weight excluding hydrogens is 321 g/mol. The minimum Gasteiger partial charge on any atom is -0.455 e. The number of benzene rings is 1. The summed E-state index contributed by atoms with van der Waals surface area (Å²) in [5.41, 5.74) is 0.199. The van der Waals surface area contributed by atoms with E-state index in [1.807, 2.05) is 0 Å². The van der Waals surface area contributed by atoms with Crippen molar-refractivity contribution in [3.05, 3.63) is 41.7 Å². The molecule has 0 aliphatic heterocycles. The van der Waals surface area contributed by atoms with Gasteiger partial charge in [0.2, 0.25) is 0 Å². The Morgan fingerprint density at radius 2 is 1.59 bits per heavy atom. The molecule has 0 bridgehead atoms. The molecule has 1 aromatic rings. The summed E-state index contributed by atoms with van der Waals surface area (Å²) in [5.74, 6) is -14.6. The van der Waals surface area contributed by atoms with Gasteiger partial charge in [-0.3, -0.25) is 4.79 Å². The van der Waals surface area contributed by atoms with E-state index in [4.69, 9.17) is 0 Å². The van der Waals surface area contributed by atoms with Crippen molar-refractivity contribution in [2.45, 2.75) is 24.9 Å². The number of hydrogen-bond donors (Lipinski definition) is 0. The van der Waals surface area contributed by atoms with Gasteiger partial charge in [-0.05, 0) is 18.6 Å². The first-order valence-corrected chi connectivity index (χ1v) is 5.67. The highest BCUT2D eigenvalue weighted by atomic mass is 19.4. The van der Waals surface area contributed by atoms with Gasteiger partial charge in [0.25, 0.3) is 0 Å².